The molecule has 1 aromatic rings. The molecule has 0 saturated heterocycles. The highest BCUT2D eigenvalue weighted by Crippen LogP contribution is 2.63. The van der Waals surface area contributed by atoms with Gasteiger partial charge < -0.3 is 4.90 Å². The standard InChI is InChI=1S/C32H47F6N/c1-30-17-12-16-26(30)28-24(21-23-13-7-8-15-25(23)29(28)27(33)22-30)14-6-5-11-20-39(2)19-10-4-3-9-18-31(34,35)32(36,37)38/h7-8,13,15,24,26-29H,3-6,9-12,14,16-22H2,1-2H3/t24-,26+,27+,28+,29+,30+/m1/s1. The number of alkyl halides is 6. The van der Waals surface area contributed by atoms with Gasteiger partial charge in [0.25, 0.3) is 0 Å². The number of rotatable bonds is 13. The van der Waals surface area contributed by atoms with Gasteiger partial charge in [0, 0.05) is 12.3 Å². The average molecular weight is 560 g/mol. The fourth-order valence-electron chi connectivity index (χ4n) is 8.32. The molecular weight excluding hydrogens is 512 g/mol. The van der Waals surface area contributed by atoms with Gasteiger partial charge in [-0.05, 0) is 106 Å². The van der Waals surface area contributed by atoms with Crippen molar-refractivity contribution in [2.75, 3.05) is 20.1 Å². The lowest BCUT2D eigenvalue weighted by Crippen LogP contribution is -2.48. The van der Waals surface area contributed by atoms with E-state index >= 15 is 4.39 Å². The van der Waals surface area contributed by atoms with Gasteiger partial charge in [0.05, 0.1) is 0 Å². The Morgan fingerprint density at radius 2 is 1.59 bits per heavy atom. The Morgan fingerprint density at radius 3 is 2.31 bits per heavy atom. The number of fused-ring (bicyclic) bond motifs is 5. The van der Waals surface area contributed by atoms with Gasteiger partial charge in [-0.3, -0.25) is 0 Å². The maximum Gasteiger partial charge on any atom is 0.453 e. The molecule has 3 aliphatic rings. The van der Waals surface area contributed by atoms with E-state index in [-0.39, 0.29) is 17.8 Å². The van der Waals surface area contributed by atoms with Gasteiger partial charge in [-0.2, -0.15) is 22.0 Å². The molecule has 0 heterocycles. The summed E-state index contributed by atoms with van der Waals surface area (Å²) in [6.07, 6.45) is 4.42. The van der Waals surface area contributed by atoms with Crippen molar-refractivity contribution in [3.05, 3.63) is 35.4 Å². The van der Waals surface area contributed by atoms with Crippen molar-refractivity contribution < 1.29 is 26.3 Å². The maximum atomic E-state index is 15.8. The van der Waals surface area contributed by atoms with Gasteiger partial charge in [0.15, 0.2) is 0 Å². The summed E-state index contributed by atoms with van der Waals surface area (Å²) in [5.74, 6) is -2.88. The highest BCUT2D eigenvalue weighted by molar-refractivity contribution is 5.36. The van der Waals surface area contributed by atoms with Crippen LogP contribution in [0.15, 0.2) is 24.3 Å². The lowest BCUT2D eigenvalue weighted by molar-refractivity contribution is -0.284. The molecule has 0 spiro atoms. The Hall–Kier alpha value is -1.24. The van der Waals surface area contributed by atoms with Crippen molar-refractivity contribution in [1.82, 2.24) is 4.90 Å². The van der Waals surface area contributed by atoms with Crippen LogP contribution in [0.5, 0.6) is 0 Å². The van der Waals surface area contributed by atoms with E-state index in [0.717, 1.165) is 51.6 Å². The second-order valence-electron chi connectivity index (χ2n) is 13.2. The molecule has 0 amide bonds. The van der Waals surface area contributed by atoms with E-state index in [9.17, 15) is 22.0 Å². The predicted octanol–water partition coefficient (Wildman–Crippen LogP) is 9.75. The molecule has 222 valence electrons. The van der Waals surface area contributed by atoms with Crippen LogP contribution in [-0.4, -0.2) is 43.3 Å². The largest absolute Gasteiger partial charge is 0.453 e. The molecule has 7 heteroatoms. The van der Waals surface area contributed by atoms with Crippen LogP contribution in [-0.2, 0) is 6.42 Å². The maximum absolute atomic E-state index is 15.8. The van der Waals surface area contributed by atoms with Crippen LogP contribution >= 0.6 is 0 Å². The number of benzene rings is 1. The summed E-state index contributed by atoms with van der Waals surface area (Å²) in [5, 5.41) is 0. The second kappa shape index (κ2) is 12.7. The summed E-state index contributed by atoms with van der Waals surface area (Å²) >= 11 is 0. The SMILES string of the molecule is CN(CCCCCCC(F)(F)C(F)(F)F)CCCCC[C@@H]1Cc2ccccc2[C@@H]2[C@@H]1[C@@H]1CCC[C@@]1(C)C[C@@H]2F. The highest BCUT2D eigenvalue weighted by atomic mass is 19.4. The number of nitrogens with zero attached hydrogens (tertiary/aromatic N) is 1. The van der Waals surface area contributed by atoms with Crippen LogP contribution in [0.3, 0.4) is 0 Å². The fourth-order valence-corrected chi connectivity index (χ4v) is 8.32. The van der Waals surface area contributed by atoms with E-state index in [0.29, 0.717) is 37.0 Å². The Kier molecular flexibility index (Phi) is 10.0. The molecule has 2 fully saturated rings. The van der Waals surface area contributed by atoms with E-state index in [4.69, 9.17) is 0 Å². The van der Waals surface area contributed by atoms with Crippen LogP contribution in [0.1, 0.15) is 107 Å². The number of hydrogen-bond acceptors (Lipinski definition) is 1. The molecule has 0 unspecified atom stereocenters. The first-order valence-electron chi connectivity index (χ1n) is 15.3. The zero-order chi connectivity index (χ0) is 28.3. The Bertz CT molecular complexity index is 916. The van der Waals surface area contributed by atoms with Crippen molar-refractivity contribution >= 4 is 0 Å². The molecule has 3 aliphatic carbocycles. The first-order chi connectivity index (χ1) is 18.4. The van der Waals surface area contributed by atoms with E-state index in [1.54, 1.807) is 0 Å². The molecule has 1 aromatic carbocycles. The third-order valence-electron chi connectivity index (χ3n) is 10.3. The average Bonchev–Trinajstić information content (AvgIpc) is 3.25. The molecule has 4 rings (SSSR count). The van der Waals surface area contributed by atoms with Gasteiger partial charge in [0.2, 0.25) is 0 Å². The molecule has 1 nitrogen and oxygen atoms in total. The van der Waals surface area contributed by atoms with Crippen molar-refractivity contribution in [1.29, 1.82) is 0 Å². The molecule has 0 N–H and O–H groups in total. The third-order valence-corrected chi connectivity index (χ3v) is 10.3. The van der Waals surface area contributed by atoms with Crippen LogP contribution in [0.4, 0.5) is 26.3 Å². The minimum absolute atomic E-state index is 0.0574. The van der Waals surface area contributed by atoms with Crippen molar-refractivity contribution in [2.24, 2.45) is 23.2 Å². The summed E-state index contributed by atoms with van der Waals surface area (Å²) in [7, 11) is 2.05. The summed E-state index contributed by atoms with van der Waals surface area (Å²) in [4.78, 5) is 2.23. The number of hydrogen-bond donors (Lipinski definition) is 0. The molecule has 6 atom stereocenters. The summed E-state index contributed by atoms with van der Waals surface area (Å²) in [6, 6.07) is 8.57. The van der Waals surface area contributed by atoms with E-state index in [1.165, 1.54) is 30.4 Å². The topological polar surface area (TPSA) is 3.24 Å². The van der Waals surface area contributed by atoms with Gasteiger partial charge >= 0.3 is 12.1 Å². The summed E-state index contributed by atoms with van der Waals surface area (Å²) < 4.78 is 78.4. The van der Waals surface area contributed by atoms with Gasteiger partial charge in [-0.1, -0.05) is 63.3 Å². The van der Waals surface area contributed by atoms with E-state index < -0.39 is 24.7 Å². The highest BCUT2D eigenvalue weighted by Gasteiger charge is 2.57. The van der Waals surface area contributed by atoms with Crippen LogP contribution in [0.25, 0.3) is 0 Å². The Balaban J connectivity index is 1.18. The molecule has 2 saturated carbocycles. The zero-order valence-electron chi connectivity index (χ0n) is 23.7. The predicted molar refractivity (Wildman–Crippen MR) is 145 cm³/mol. The molecule has 0 aromatic heterocycles. The van der Waals surface area contributed by atoms with E-state index in [2.05, 4.69) is 36.1 Å². The summed E-state index contributed by atoms with van der Waals surface area (Å²) in [6.45, 7) is 4.13. The molecule has 0 aliphatic heterocycles. The van der Waals surface area contributed by atoms with Gasteiger partial charge in [-0.25, -0.2) is 4.39 Å². The first kappa shape index (κ1) is 30.7. The van der Waals surface area contributed by atoms with Crippen LogP contribution in [0.2, 0.25) is 0 Å². The minimum atomic E-state index is -5.44. The summed E-state index contributed by atoms with van der Waals surface area (Å²) in [5.41, 5.74) is 2.79. The Labute approximate surface area is 231 Å². The first-order valence-corrected chi connectivity index (χ1v) is 15.3. The van der Waals surface area contributed by atoms with Gasteiger partial charge in [-0.15, -0.1) is 0 Å². The Morgan fingerprint density at radius 1 is 0.923 bits per heavy atom. The fraction of sp³-hybridized carbons (Fsp3) is 0.812. The monoisotopic (exact) mass is 559 g/mol. The van der Waals surface area contributed by atoms with E-state index in [1.807, 2.05) is 7.05 Å². The molecule has 0 radical (unpaired) electrons. The van der Waals surface area contributed by atoms with Crippen molar-refractivity contribution in [2.45, 2.75) is 121 Å². The molecular formula is C32H47F6N. The van der Waals surface area contributed by atoms with Gasteiger partial charge in [0.1, 0.15) is 6.17 Å². The molecule has 0 bridgehead atoms. The lowest BCUT2D eigenvalue weighted by Gasteiger charge is -2.53. The quantitative estimate of drug-likeness (QED) is 0.172. The lowest BCUT2D eigenvalue weighted by atomic mass is 9.52. The van der Waals surface area contributed by atoms with Crippen molar-refractivity contribution in [3.63, 3.8) is 0 Å². The molecule has 39 heavy (non-hydrogen) atoms. The minimum Gasteiger partial charge on any atom is -0.306 e. The van der Waals surface area contributed by atoms with Crippen LogP contribution < -0.4 is 0 Å². The third kappa shape index (κ3) is 7.16. The smallest absolute Gasteiger partial charge is 0.306 e. The second-order valence-corrected chi connectivity index (χ2v) is 13.2. The zero-order valence-corrected chi connectivity index (χ0v) is 23.7. The van der Waals surface area contributed by atoms with Crippen molar-refractivity contribution in [3.8, 4) is 0 Å². The van der Waals surface area contributed by atoms with Crippen LogP contribution in [0, 0.1) is 23.2 Å². The normalized spacial score (nSPS) is 30.7. The number of halogens is 6. The number of unbranched alkanes of at least 4 members (excludes halogenated alkanes) is 5.